The second kappa shape index (κ2) is 51.1. The third-order valence-electron chi connectivity index (χ3n) is 30.9. The monoisotopic (exact) mass is 1650 g/mol. The number of amides is 5. The van der Waals surface area contributed by atoms with Crippen LogP contribution < -0.4 is 10.6 Å². The van der Waals surface area contributed by atoms with Crippen LogP contribution in [0.5, 0.6) is 0 Å². The molecule has 1 aromatic rings. The van der Waals surface area contributed by atoms with Crippen molar-refractivity contribution in [2.45, 2.75) is 540 Å². The number of unbranched alkanes of at least 4 members (excludes halogenated alkanes) is 12. The van der Waals surface area contributed by atoms with Crippen LogP contribution in [0.1, 0.15) is 481 Å². The van der Waals surface area contributed by atoms with Crippen LogP contribution in [0.2, 0.25) is 0 Å². The first-order valence-corrected chi connectivity index (χ1v) is 50.7. The van der Waals surface area contributed by atoms with Crippen molar-refractivity contribution in [2.75, 3.05) is 13.1 Å². The largest absolute Gasteiger partial charge is 0.444 e. The van der Waals surface area contributed by atoms with Gasteiger partial charge < -0.3 is 49.0 Å². The summed E-state index contributed by atoms with van der Waals surface area (Å²) in [7, 11) is 0. The van der Waals surface area contributed by atoms with Crippen molar-refractivity contribution in [1.29, 1.82) is 0 Å². The van der Waals surface area contributed by atoms with E-state index in [0.717, 1.165) is 81.4 Å². The van der Waals surface area contributed by atoms with Gasteiger partial charge in [-0.05, 0) is 265 Å². The van der Waals surface area contributed by atoms with Crippen molar-refractivity contribution < 1.29 is 47.7 Å². The van der Waals surface area contributed by atoms with Gasteiger partial charge in [0.25, 0.3) is 0 Å². The molecule has 12 aliphatic rings. The first kappa shape index (κ1) is 99.0. The van der Waals surface area contributed by atoms with E-state index in [9.17, 15) is 24.0 Å². The summed E-state index contributed by atoms with van der Waals surface area (Å²) in [6, 6.07) is 12.5. The van der Waals surface area contributed by atoms with Crippen LogP contribution in [0.3, 0.4) is 0 Å². The molecule has 678 valence electrons. The number of ether oxygens (including phenoxy) is 5. The molecule has 1 aromatic carbocycles. The van der Waals surface area contributed by atoms with Gasteiger partial charge in [-0.3, -0.25) is 0 Å². The van der Waals surface area contributed by atoms with Gasteiger partial charge in [-0.15, -0.1) is 0 Å². The second-order valence-electron chi connectivity index (χ2n) is 42.2. The Balaban J connectivity index is 0.000000186. The Morgan fingerprint density at radius 2 is 0.619 bits per heavy atom. The molecule has 4 bridgehead atoms. The lowest BCUT2D eigenvalue weighted by Gasteiger charge is -2.61. The minimum Gasteiger partial charge on any atom is -0.444 e. The Hall–Kier alpha value is -4.43. The van der Waals surface area contributed by atoms with Crippen molar-refractivity contribution in [2.24, 2.45) is 35.0 Å². The predicted octanol–water partition coefficient (Wildman–Crippen LogP) is 29.6. The van der Waals surface area contributed by atoms with E-state index in [0.29, 0.717) is 48.1 Å². The summed E-state index contributed by atoms with van der Waals surface area (Å²) >= 11 is 0. The van der Waals surface area contributed by atoms with E-state index in [1.807, 2.05) is 65.0 Å². The highest BCUT2D eigenvalue weighted by Crippen LogP contribution is 2.64. The SMILES string of the molecule is CC(C)(OC(=O)N(C1CCCCC1)C1CCCCC1)C12CC3CC(CC(C3)C1)C2.CC(C)(OC(=O)N(C1CCCCC1)C1CCCCC1)C1CCCC1.CC(C)(OC(=O)N(C1CCCCC1)C1CCCCC1)c1ccccc1.CCCCCCCCCNC(=O)OC(C)(C)C1CCCCC1.CCCCCCCCCNC(=O)OC(C)(C)CC. The van der Waals surface area contributed by atoms with Gasteiger partial charge in [0.1, 0.15) is 28.0 Å². The molecule has 5 amide bonds. The first-order valence-electron chi connectivity index (χ1n) is 50.7. The molecule has 15 heteroatoms. The minimum atomic E-state index is -0.597. The molecule has 0 spiro atoms. The van der Waals surface area contributed by atoms with Crippen LogP contribution in [0.4, 0.5) is 24.0 Å². The molecule has 0 atom stereocenters. The number of hydrogen-bond donors (Lipinski definition) is 2. The molecule has 0 saturated heterocycles. The number of nitrogens with one attached hydrogen (secondary N) is 2. The zero-order chi connectivity index (χ0) is 84.9. The fourth-order valence-electron chi connectivity index (χ4n) is 23.4. The lowest BCUT2D eigenvalue weighted by atomic mass is 9.46. The summed E-state index contributed by atoms with van der Waals surface area (Å²) in [6.07, 6.45) is 74.5. The third kappa shape index (κ3) is 32.6. The fraction of sp³-hybridized carbons (Fsp3) is 0.893. The summed E-state index contributed by atoms with van der Waals surface area (Å²) in [5, 5.41) is 5.73. The van der Waals surface area contributed by atoms with Gasteiger partial charge in [-0.25, -0.2) is 24.0 Å². The van der Waals surface area contributed by atoms with Gasteiger partial charge >= 0.3 is 30.5 Å². The predicted molar refractivity (Wildman–Crippen MR) is 486 cm³/mol. The second-order valence-corrected chi connectivity index (χ2v) is 42.2. The Morgan fingerprint density at radius 1 is 0.339 bits per heavy atom. The number of hydrogen-bond acceptors (Lipinski definition) is 10. The summed E-state index contributed by atoms with van der Waals surface area (Å²) in [5.74, 6) is 3.75. The summed E-state index contributed by atoms with van der Waals surface area (Å²) in [4.78, 5) is 70.2. The fourth-order valence-corrected chi connectivity index (χ4v) is 23.4. The van der Waals surface area contributed by atoms with E-state index in [2.05, 4.69) is 80.7 Å². The average Bonchev–Trinajstić information content (AvgIpc) is 0.749. The molecule has 2 N–H and O–H groups in total. The highest BCUT2D eigenvalue weighted by molar-refractivity contribution is 5.71. The van der Waals surface area contributed by atoms with E-state index >= 15 is 0 Å². The molecule has 12 fully saturated rings. The van der Waals surface area contributed by atoms with Crippen LogP contribution in [-0.4, -0.2) is 117 Å². The maximum absolute atomic E-state index is 13.8. The van der Waals surface area contributed by atoms with Crippen LogP contribution in [-0.2, 0) is 29.3 Å². The van der Waals surface area contributed by atoms with Crippen molar-refractivity contribution in [3.63, 3.8) is 0 Å². The van der Waals surface area contributed by atoms with Gasteiger partial charge in [-0.1, -0.05) is 276 Å². The highest BCUT2D eigenvalue weighted by Gasteiger charge is 2.59. The standard InChI is InChI=1S/C26H43NO2.C22H33NO2.C21H37NO2.C19H37NO2.C15H31NO2/c1-25(2,26-16-19-13-20(17-26)15-21(14-19)18-26)29-24(28)27(22-9-5-3-6-10-22)23-11-7-4-8-12-23;1-22(2,18-12-6-3-7-13-18)25-21(24)23(19-14-8-4-9-15-19)20-16-10-5-11-17-20;1-21(2,17-11-9-10-12-17)24-20(23)22(18-13-5-3-6-14-18)19-15-7-4-8-16-19;1-4-5-6-7-8-9-13-16-20-18(21)22-19(2,3)17-14-11-10-12-15-17;1-5-7-8-9-10-11-12-13-16-14(17)18-15(3,4)6-2/h19-23H,3-18H2,1-2H3;3,6-7,12-13,19-20H,4-5,8-11,14-17H2,1-2H3;17-19H,3-16H2,1-2H3;17H,4-16H2,1-3H3,(H,20,21);5-13H2,1-4H3,(H,16,17). The zero-order valence-electron chi connectivity index (χ0n) is 78.5. The Labute approximate surface area is 723 Å². The van der Waals surface area contributed by atoms with Crippen LogP contribution in [0.15, 0.2) is 30.3 Å². The number of alkyl carbamates (subject to hydrolysis) is 2. The van der Waals surface area contributed by atoms with E-state index in [-0.39, 0.29) is 58.3 Å². The summed E-state index contributed by atoms with van der Waals surface area (Å²) in [6.45, 7) is 28.8. The minimum absolute atomic E-state index is 0.00861. The van der Waals surface area contributed by atoms with Crippen molar-refractivity contribution in [1.82, 2.24) is 25.3 Å². The number of nitrogens with zero attached hydrogens (tertiary/aromatic N) is 3. The molecular weight excluding hydrogens is 1470 g/mol. The molecule has 0 heterocycles. The molecule has 118 heavy (non-hydrogen) atoms. The number of carbonyl (C=O) groups excluding carboxylic acids is 5. The van der Waals surface area contributed by atoms with E-state index in [1.54, 1.807) is 0 Å². The summed E-state index contributed by atoms with van der Waals surface area (Å²) in [5.41, 5.74) is -0.635. The molecule has 0 aromatic heterocycles. The Bertz CT molecular complexity index is 2850. The van der Waals surface area contributed by atoms with E-state index < -0.39 is 5.60 Å². The highest BCUT2D eigenvalue weighted by atomic mass is 16.6. The van der Waals surface area contributed by atoms with Crippen molar-refractivity contribution in [3.05, 3.63) is 35.9 Å². The van der Waals surface area contributed by atoms with E-state index in [4.69, 9.17) is 23.7 Å². The van der Waals surface area contributed by atoms with E-state index in [1.165, 1.54) is 340 Å². The molecular formula is C103H181N5O10. The maximum Gasteiger partial charge on any atom is 0.411 e. The quantitative estimate of drug-likeness (QED) is 0.0524. The van der Waals surface area contributed by atoms with Crippen LogP contribution in [0, 0.1) is 35.0 Å². The molecule has 12 saturated carbocycles. The van der Waals surface area contributed by atoms with Gasteiger partial charge in [0.2, 0.25) is 0 Å². The van der Waals surface area contributed by atoms with Crippen molar-refractivity contribution >= 4 is 30.5 Å². The topological polar surface area (TPSA) is 165 Å². The summed E-state index contributed by atoms with van der Waals surface area (Å²) < 4.78 is 29.8. The average molecular weight is 1650 g/mol. The first-order chi connectivity index (χ1) is 56.7. The van der Waals surface area contributed by atoms with Crippen LogP contribution >= 0.6 is 0 Å². The normalized spacial score (nSPS) is 23.6. The zero-order valence-corrected chi connectivity index (χ0v) is 78.5. The molecule has 0 unspecified atom stereocenters. The molecule has 15 nitrogen and oxygen atoms in total. The van der Waals surface area contributed by atoms with Gasteiger partial charge in [0, 0.05) is 54.8 Å². The Kier molecular flexibility index (Phi) is 42.9. The maximum atomic E-state index is 13.8. The molecule has 0 radical (unpaired) electrons. The van der Waals surface area contributed by atoms with Crippen LogP contribution in [0.25, 0.3) is 0 Å². The van der Waals surface area contributed by atoms with Gasteiger partial charge in [-0.2, -0.15) is 0 Å². The smallest absolute Gasteiger partial charge is 0.411 e. The Morgan fingerprint density at radius 3 is 0.949 bits per heavy atom. The lowest BCUT2D eigenvalue weighted by Crippen LogP contribution is -2.59. The van der Waals surface area contributed by atoms with Crippen molar-refractivity contribution in [3.8, 4) is 0 Å². The van der Waals surface area contributed by atoms with Gasteiger partial charge in [0.15, 0.2) is 0 Å². The number of rotatable bonds is 32. The number of carbonyl (C=O) groups is 5. The molecule has 12 aliphatic carbocycles. The van der Waals surface area contributed by atoms with Gasteiger partial charge in [0.05, 0.1) is 0 Å². The lowest BCUT2D eigenvalue weighted by molar-refractivity contribution is -0.169. The number of benzene rings is 1. The molecule has 0 aliphatic heterocycles. The molecule has 13 rings (SSSR count). The third-order valence-corrected chi connectivity index (χ3v) is 30.9.